The summed E-state index contributed by atoms with van der Waals surface area (Å²) in [6.07, 6.45) is 2.57. The molecule has 0 unspecified atom stereocenters. The maximum absolute atomic E-state index is 12.3. The SMILES string of the molecule is CCOC(=O)C1(C)CCN(Cc2ccc(-c3noc(-c4ccc(CC(C)C)c(Cl)c4)n3)cc2)CC1. The normalized spacial score (nSPS) is 15.9. The lowest BCUT2D eigenvalue weighted by Crippen LogP contribution is -2.43. The predicted molar refractivity (Wildman–Crippen MR) is 138 cm³/mol. The second-order valence-electron chi connectivity index (χ2n) is 10.1. The molecule has 0 radical (unpaired) electrons. The Morgan fingerprint density at radius 1 is 1.14 bits per heavy atom. The summed E-state index contributed by atoms with van der Waals surface area (Å²) in [4.78, 5) is 19.2. The molecule has 0 saturated carbocycles. The summed E-state index contributed by atoms with van der Waals surface area (Å²) in [5.74, 6) is 1.48. The van der Waals surface area contributed by atoms with Crippen molar-refractivity contribution in [3.63, 3.8) is 0 Å². The molecule has 0 N–H and O–H groups in total. The van der Waals surface area contributed by atoms with E-state index in [-0.39, 0.29) is 11.4 Å². The highest BCUT2D eigenvalue weighted by Gasteiger charge is 2.38. The molecule has 0 atom stereocenters. The monoisotopic (exact) mass is 495 g/mol. The zero-order valence-corrected chi connectivity index (χ0v) is 21.8. The summed E-state index contributed by atoms with van der Waals surface area (Å²) >= 11 is 6.47. The first kappa shape index (κ1) is 25.4. The van der Waals surface area contributed by atoms with Gasteiger partial charge in [-0.1, -0.05) is 60.9 Å². The van der Waals surface area contributed by atoms with Crippen molar-refractivity contribution in [2.45, 2.75) is 53.5 Å². The fraction of sp³-hybridized carbons (Fsp3) is 0.464. The minimum atomic E-state index is -0.369. The molecule has 1 aliphatic heterocycles. The van der Waals surface area contributed by atoms with Crippen LogP contribution in [-0.4, -0.2) is 40.7 Å². The number of carbonyl (C=O) groups excluding carboxylic acids is 1. The zero-order chi connectivity index (χ0) is 25.0. The van der Waals surface area contributed by atoms with Crippen molar-refractivity contribution >= 4 is 17.6 Å². The second-order valence-corrected chi connectivity index (χ2v) is 10.5. The van der Waals surface area contributed by atoms with Crippen LogP contribution in [0.2, 0.25) is 5.02 Å². The molecule has 6 nitrogen and oxygen atoms in total. The third kappa shape index (κ3) is 6.11. The van der Waals surface area contributed by atoms with E-state index in [2.05, 4.69) is 41.0 Å². The number of nitrogens with zero attached hydrogens (tertiary/aromatic N) is 3. The van der Waals surface area contributed by atoms with Crippen LogP contribution in [0.1, 0.15) is 51.7 Å². The quantitative estimate of drug-likeness (QED) is 0.336. The van der Waals surface area contributed by atoms with E-state index in [1.54, 1.807) is 0 Å². The van der Waals surface area contributed by atoms with Gasteiger partial charge in [-0.3, -0.25) is 9.69 Å². The lowest BCUT2D eigenvalue weighted by Gasteiger charge is -2.37. The van der Waals surface area contributed by atoms with Crippen LogP contribution in [0.15, 0.2) is 47.0 Å². The van der Waals surface area contributed by atoms with Gasteiger partial charge >= 0.3 is 5.97 Å². The molecule has 0 amide bonds. The first-order valence-corrected chi connectivity index (χ1v) is 12.8. The van der Waals surface area contributed by atoms with Crippen molar-refractivity contribution < 1.29 is 14.1 Å². The van der Waals surface area contributed by atoms with Gasteiger partial charge in [0, 0.05) is 22.7 Å². The van der Waals surface area contributed by atoms with E-state index >= 15 is 0 Å². The molecule has 7 heteroatoms. The minimum Gasteiger partial charge on any atom is -0.466 e. The predicted octanol–water partition coefficient (Wildman–Crippen LogP) is 6.42. The van der Waals surface area contributed by atoms with Crippen molar-refractivity contribution in [3.05, 3.63) is 58.6 Å². The van der Waals surface area contributed by atoms with Gasteiger partial charge in [0.1, 0.15) is 0 Å². The van der Waals surface area contributed by atoms with Crippen molar-refractivity contribution in [2.75, 3.05) is 19.7 Å². The number of rotatable bonds is 8. The molecule has 3 aromatic rings. The number of aromatic nitrogens is 2. The number of piperidine rings is 1. The zero-order valence-electron chi connectivity index (χ0n) is 21.0. The Hall–Kier alpha value is -2.70. The molecule has 0 spiro atoms. The van der Waals surface area contributed by atoms with Crippen LogP contribution in [0.5, 0.6) is 0 Å². The summed E-state index contributed by atoms with van der Waals surface area (Å²) in [6, 6.07) is 14.2. The topological polar surface area (TPSA) is 68.5 Å². The Bertz CT molecular complexity index is 1150. The van der Waals surface area contributed by atoms with Crippen LogP contribution in [0.3, 0.4) is 0 Å². The van der Waals surface area contributed by atoms with E-state index in [9.17, 15) is 4.79 Å². The Balaban J connectivity index is 1.37. The van der Waals surface area contributed by atoms with Gasteiger partial charge in [0.05, 0.1) is 12.0 Å². The number of hydrogen-bond acceptors (Lipinski definition) is 6. The van der Waals surface area contributed by atoms with E-state index in [0.717, 1.165) is 60.6 Å². The number of esters is 1. The molecule has 1 aliphatic rings. The number of halogens is 1. The first-order valence-electron chi connectivity index (χ1n) is 12.4. The molecule has 1 saturated heterocycles. The van der Waals surface area contributed by atoms with Gasteiger partial charge in [0.2, 0.25) is 5.82 Å². The van der Waals surface area contributed by atoms with Crippen LogP contribution in [0.25, 0.3) is 22.8 Å². The molecule has 4 rings (SSSR count). The molecular formula is C28H34ClN3O3. The number of carbonyl (C=O) groups is 1. The van der Waals surface area contributed by atoms with Crippen LogP contribution < -0.4 is 0 Å². The average molecular weight is 496 g/mol. The smallest absolute Gasteiger partial charge is 0.311 e. The molecule has 0 bridgehead atoms. The van der Waals surface area contributed by atoms with E-state index < -0.39 is 0 Å². The highest BCUT2D eigenvalue weighted by Crippen LogP contribution is 2.33. The van der Waals surface area contributed by atoms with Gasteiger partial charge in [0.15, 0.2) is 0 Å². The summed E-state index contributed by atoms with van der Waals surface area (Å²) in [5.41, 5.74) is 3.69. The lowest BCUT2D eigenvalue weighted by molar-refractivity contribution is -0.157. The Kier molecular flexibility index (Phi) is 7.92. The molecule has 1 fully saturated rings. The first-order chi connectivity index (χ1) is 16.8. The number of benzene rings is 2. The molecule has 186 valence electrons. The number of hydrogen-bond donors (Lipinski definition) is 0. The van der Waals surface area contributed by atoms with Crippen molar-refractivity contribution in [2.24, 2.45) is 11.3 Å². The van der Waals surface area contributed by atoms with E-state index in [1.165, 1.54) is 5.56 Å². The summed E-state index contributed by atoms with van der Waals surface area (Å²) < 4.78 is 10.8. The van der Waals surface area contributed by atoms with Crippen LogP contribution in [0.4, 0.5) is 0 Å². The van der Waals surface area contributed by atoms with Crippen molar-refractivity contribution in [3.8, 4) is 22.8 Å². The molecule has 2 heterocycles. The Morgan fingerprint density at radius 2 is 1.83 bits per heavy atom. The molecule has 1 aromatic heterocycles. The van der Waals surface area contributed by atoms with E-state index in [0.29, 0.717) is 24.2 Å². The standard InChI is InChI=1S/C28H34ClN3O3/c1-5-34-27(33)28(4)12-14-32(15-13-28)18-20-6-8-21(9-7-20)25-30-26(35-31-25)23-11-10-22(16-19(2)3)24(29)17-23/h6-11,17,19H,5,12-16,18H2,1-4H3. The lowest BCUT2D eigenvalue weighted by atomic mass is 9.80. The average Bonchev–Trinajstić information content (AvgIpc) is 3.33. The van der Waals surface area contributed by atoms with Gasteiger partial charge in [-0.05, 0) is 75.4 Å². The largest absolute Gasteiger partial charge is 0.466 e. The molecular weight excluding hydrogens is 462 g/mol. The highest BCUT2D eigenvalue weighted by molar-refractivity contribution is 6.31. The summed E-state index contributed by atoms with van der Waals surface area (Å²) in [7, 11) is 0. The minimum absolute atomic E-state index is 0.0720. The number of ether oxygens (including phenoxy) is 1. The van der Waals surface area contributed by atoms with Crippen LogP contribution in [-0.2, 0) is 22.5 Å². The van der Waals surface area contributed by atoms with Gasteiger partial charge in [-0.2, -0.15) is 4.98 Å². The fourth-order valence-electron chi connectivity index (χ4n) is 4.48. The summed E-state index contributed by atoms with van der Waals surface area (Å²) in [5, 5.41) is 4.90. The molecule has 2 aromatic carbocycles. The maximum Gasteiger partial charge on any atom is 0.311 e. The van der Waals surface area contributed by atoms with E-state index in [1.807, 2.05) is 44.2 Å². The van der Waals surface area contributed by atoms with Gasteiger partial charge in [-0.15, -0.1) is 0 Å². The second kappa shape index (κ2) is 10.9. The fourth-order valence-corrected chi connectivity index (χ4v) is 4.73. The van der Waals surface area contributed by atoms with Gasteiger partial charge < -0.3 is 9.26 Å². The van der Waals surface area contributed by atoms with Crippen molar-refractivity contribution in [1.29, 1.82) is 0 Å². The van der Waals surface area contributed by atoms with Crippen LogP contribution in [0, 0.1) is 11.3 Å². The van der Waals surface area contributed by atoms with Crippen molar-refractivity contribution in [1.82, 2.24) is 15.0 Å². The summed E-state index contributed by atoms with van der Waals surface area (Å²) in [6.45, 7) is 11.3. The van der Waals surface area contributed by atoms with Crippen LogP contribution >= 0.6 is 11.6 Å². The third-order valence-electron chi connectivity index (χ3n) is 6.70. The Morgan fingerprint density at radius 3 is 2.46 bits per heavy atom. The Labute approximate surface area is 212 Å². The highest BCUT2D eigenvalue weighted by atomic mass is 35.5. The molecule has 0 aliphatic carbocycles. The van der Waals surface area contributed by atoms with E-state index in [4.69, 9.17) is 20.9 Å². The van der Waals surface area contributed by atoms with Gasteiger partial charge in [-0.25, -0.2) is 0 Å². The van der Waals surface area contributed by atoms with Gasteiger partial charge in [0.25, 0.3) is 5.89 Å². The third-order valence-corrected chi connectivity index (χ3v) is 7.05. The number of likely N-dealkylation sites (tertiary alicyclic amines) is 1. The molecule has 35 heavy (non-hydrogen) atoms. The maximum atomic E-state index is 12.3.